The van der Waals surface area contributed by atoms with Crippen LogP contribution in [0.1, 0.15) is 32.4 Å². The van der Waals surface area contributed by atoms with Gasteiger partial charge in [-0.25, -0.2) is 0 Å². The Kier molecular flexibility index (Phi) is 6.68. The Morgan fingerprint density at radius 2 is 2.12 bits per heavy atom. The van der Waals surface area contributed by atoms with Crippen molar-refractivity contribution in [1.82, 2.24) is 10.1 Å². The fourth-order valence-corrected chi connectivity index (χ4v) is 3.48. The summed E-state index contributed by atoms with van der Waals surface area (Å²) in [6.45, 7) is 7.07. The zero-order valence-electron chi connectivity index (χ0n) is 14.4. The average Bonchev–Trinajstić information content (AvgIpc) is 2.97. The molecule has 2 unspecified atom stereocenters. The van der Waals surface area contributed by atoms with Gasteiger partial charge in [0.1, 0.15) is 5.76 Å². The van der Waals surface area contributed by atoms with E-state index in [1.165, 1.54) is 11.8 Å². The molecule has 1 aromatic rings. The number of aromatic nitrogens is 1. The number of aryl methyl sites for hydroxylation is 1. The van der Waals surface area contributed by atoms with Crippen LogP contribution in [0, 0.1) is 12.8 Å². The van der Waals surface area contributed by atoms with Gasteiger partial charge in [0.05, 0.1) is 11.0 Å². The summed E-state index contributed by atoms with van der Waals surface area (Å²) in [5.74, 6) is 1.73. The Bertz CT molecular complexity index is 567. The maximum absolute atomic E-state index is 12.3. The Labute approximate surface area is 146 Å². The molecule has 1 aliphatic rings. The zero-order valence-corrected chi connectivity index (χ0v) is 15.3. The Morgan fingerprint density at radius 1 is 1.46 bits per heavy atom. The molecule has 0 saturated carbocycles. The second-order valence-corrected chi connectivity index (χ2v) is 7.67. The van der Waals surface area contributed by atoms with E-state index in [1.54, 1.807) is 19.9 Å². The van der Waals surface area contributed by atoms with E-state index >= 15 is 0 Å². The van der Waals surface area contributed by atoms with E-state index in [4.69, 9.17) is 10.3 Å². The molecule has 1 aliphatic heterocycles. The van der Waals surface area contributed by atoms with Crippen LogP contribution in [-0.4, -0.2) is 52.0 Å². The molecule has 134 valence electrons. The van der Waals surface area contributed by atoms with Crippen molar-refractivity contribution < 1.29 is 14.1 Å². The number of thioether (sulfide) groups is 1. The Balaban J connectivity index is 1.72. The lowest BCUT2D eigenvalue weighted by Crippen LogP contribution is -2.43. The minimum atomic E-state index is -0.340. The van der Waals surface area contributed by atoms with Crippen LogP contribution < -0.4 is 11.1 Å². The smallest absolute Gasteiger partial charge is 0.238 e. The number of carbonyl (C=O) groups excluding carboxylic acids is 2. The molecule has 24 heavy (non-hydrogen) atoms. The van der Waals surface area contributed by atoms with Gasteiger partial charge in [-0.2, -0.15) is 0 Å². The highest BCUT2D eigenvalue weighted by Gasteiger charge is 2.25. The van der Waals surface area contributed by atoms with Gasteiger partial charge < -0.3 is 20.5 Å². The Hall–Kier alpha value is -1.54. The van der Waals surface area contributed by atoms with Gasteiger partial charge in [0.15, 0.2) is 5.82 Å². The second-order valence-electron chi connectivity index (χ2n) is 6.34. The largest absolute Gasteiger partial charge is 0.360 e. The normalized spacial score (nSPS) is 18.2. The molecule has 2 rings (SSSR count). The molecule has 1 saturated heterocycles. The predicted molar refractivity (Wildman–Crippen MR) is 94.7 cm³/mol. The molecule has 0 bridgehead atoms. The molecule has 2 amide bonds. The molecule has 2 atom stereocenters. The van der Waals surface area contributed by atoms with Gasteiger partial charge in [-0.05, 0) is 39.5 Å². The van der Waals surface area contributed by atoms with Crippen LogP contribution in [0.25, 0.3) is 0 Å². The van der Waals surface area contributed by atoms with E-state index in [-0.39, 0.29) is 23.1 Å². The number of rotatable bonds is 6. The first-order valence-electron chi connectivity index (χ1n) is 8.26. The van der Waals surface area contributed by atoms with Crippen molar-refractivity contribution in [1.29, 1.82) is 0 Å². The van der Waals surface area contributed by atoms with E-state index in [9.17, 15) is 9.59 Å². The SMILES string of the molecule is Cc1cc(NC(=O)C(C)SCC(=O)N2CCC(C(C)N)CC2)no1. The van der Waals surface area contributed by atoms with Crippen molar-refractivity contribution in [2.24, 2.45) is 11.7 Å². The van der Waals surface area contributed by atoms with Crippen LogP contribution in [0.4, 0.5) is 5.82 Å². The molecular weight excluding hydrogens is 328 g/mol. The predicted octanol–water partition coefficient (Wildman–Crippen LogP) is 1.63. The van der Waals surface area contributed by atoms with Crippen molar-refractivity contribution in [2.75, 3.05) is 24.2 Å². The zero-order chi connectivity index (χ0) is 17.7. The van der Waals surface area contributed by atoms with Crippen LogP contribution in [0.2, 0.25) is 0 Å². The maximum atomic E-state index is 12.3. The van der Waals surface area contributed by atoms with Gasteiger partial charge in [0.2, 0.25) is 11.8 Å². The highest BCUT2D eigenvalue weighted by atomic mass is 32.2. The lowest BCUT2D eigenvalue weighted by molar-refractivity contribution is -0.129. The minimum absolute atomic E-state index is 0.0834. The van der Waals surface area contributed by atoms with Crippen molar-refractivity contribution in [3.8, 4) is 0 Å². The third kappa shape index (κ3) is 5.24. The topological polar surface area (TPSA) is 101 Å². The molecule has 0 radical (unpaired) electrons. The summed E-state index contributed by atoms with van der Waals surface area (Å²) in [7, 11) is 0. The minimum Gasteiger partial charge on any atom is -0.360 e. The summed E-state index contributed by atoms with van der Waals surface area (Å²) in [5.41, 5.74) is 5.92. The van der Waals surface area contributed by atoms with Gasteiger partial charge in [0, 0.05) is 25.2 Å². The summed E-state index contributed by atoms with van der Waals surface area (Å²) in [4.78, 5) is 26.2. The van der Waals surface area contributed by atoms with Crippen LogP contribution >= 0.6 is 11.8 Å². The first-order chi connectivity index (χ1) is 11.4. The van der Waals surface area contributed by atoms with E-state index in [2.05, 4.69) is 10.5 Å². The molecule has 1 aromatic heterocycles. The standard InChI is InChI=1S/C16H26N4O3S/c1-10-8-14(19-23-10)18-16(22)12(3)24-9-15(21)20-6-4-13(5-7-20)11(2)17/h8,11-13H,4-7,9,17H2,1-3H3,(H,18,19,22). The lowest BCUT2D eigenvalue weighted by atomic mass is 9.91. The highest BCUT2D eigenvalue weighted by molar-refractivity contribution is 8.01. The van der Waals surface area contributed by atoms with Gasteiger partial charge in [-0.1, -0.05) is 5.16 Å². The van der Waals surface area contributed by atoms with E-state index in [1.807, 2.05) is 11.8 Å². The van der Waals surface area contributed by atoms with Crippen molar-refractivity contribution >= 4 is 29.4 Å². The molecule has 2 heterocycles. The van der Waals surface area contributed by atoms with Crippen LogP contribution in [0.3, 0.4) is 0 Å². The fraction of sp³-hybridized carbons (Fsp3) is 0.688. The van der Waals surface area contributed by atoms with Gasteiger partial charge >= 0.3 is 0 Å². The number of piperidine rings is 1. The maximum Gasteiger partial charge on any atom is 0.238 e. The summed E-state index contributed by atoms with van der Waals surface area (Å²) >= 11 is 1.33. The lowest BCUT2D eigenvalue weighted by Gasteiger charge is -2.33. The summed E-state index contributed by atoms with van der Waals surface area (Å²) in [5, 5.41) is 6.07. The van der Waals surface area contributed by atoms with Gasteiger partial charge in [-0.3, -0.25) is 9.59 Å². The average molecular weight is 354 g/mol. The first kappa shape index (κ1) is 18.8. The van der Waals surface area contributed by atoms with Crippen LogP contribution in [-0.2, 0) is 9.59 Å². The van der Waals surface area contributed by atoms with Gasteiger partial charge in [-0.15, -0.1) is 11.8 Å². The van der Waals surface area contributed by atoms with Gasteiger partial charge in [0.25, 0.3) is 0 Å². The van der Waals surface area contributed by atoms with Crippen molar-refractivity contribution in [3.63, 3.8) is 0 Å². The number of nitrogens with two attached hydrogens (primary N) is 1. The number of hydrogen-bond donors (Lipinski definition) is 2. The monoisotopic (exact) mass is 354 g/mol. The fourth-order valence-electron chi connectivity index (χ4n) is 2.69. The summed E-state index contributed by atoms with van der Waals surface area (Å²) in [6, 6.07) is 1.84. The molecular formula is C16H26N4O3S. The van der Waals surface area contributed by atoms with E-state index in [0.29, 0.717) is 23.2 Å². The first-order valence-corrected chi connectivity index (χ1v) is 9.31. The molecule has 0 aliphatic carbocycles. The Morgan fingerprint density at radius 3 is 2.67 bits per heavy atom. The molecule has 0 spiro atoms. The molecule has 1 fully saturated rings. The number of anilines is 1. The number of likely N-dealkylation sites (tertiary alicyclic amines) is 1. The van der Waals surface area contributed by atoms with Crippen molar-refractivity contribution in [3.05, 3.63) is 11.8 Å². The molecule has 8 heteroatoms. The third-order valence-electron chi connectivity index (χ3n) is 4.34. The summed E-state index contributed by atoms with van der Waals surface area (Å²) in [6.07, 6.45) is 1.91. The molecule has 0 aromatic carbocycles. The van der Waals surface area contributed by atoms with E-state index < -0.39 is 0 Å². The highest BCUT2D eigenvalue weighted by Crippen LogP contribution is 2.21. The third-order valence-corrected chi connectivity index (χ3v) is 5.47. The quantitative estimate of drug-likeness (QED) is 0.805. The molecule has 7 nitrogen and oxygen atoms in total. The number of nitrogens with one attached hydrogen (secondary N) is 1. The molecule has 3 N–H and O–H groups in total. The van der Waals surface area contributed by atoms with Crippen LogP contribution in [0.5, 0.6) is 0 Å². The number of amides is 2. The summed E-state index contributed by atoms with van der Waals surface area (Å²) < 4.78 is 4.91. The number of carbonyl (C=O) groups is 2. The van der Waals surface area contributed by atoms with Crippen molar-refractivity contribution in [2.45, 2.75) is 44.9 Å². The van der Waals surface area contributed by atoms with Crippen LogP contribution in [0.15, 0.2) is 10.6 Å². The number of nitrogens with zero attached hydrogens (tertiary/aromatic N) is 2. The number of hydrogen-bond acceptors (Lipinski definition) is 6. The second kappa shape index (κ2) is 8.53. The van der Waals surface area contributed by atoms with E-state index in [0.717, 1.165) is 25.9 Å².